The van der Waals surface area contributed by atoms with Crippen LogP contribution in [0.15, 0.2) is 82.6 Å². The highest BCUT2D eigenvalue weighted by Gasteiger charge is 2.56. The second-order valence-corrected chi connectivity index (χ2v) is 12.0. The number of nitro benzene ring substituents is 1. The van der Waals surface area contributed by atoms with Crippen molar-refractivity contribution in [3.63, 3.8) is 0 Å². The number of aromatic nitrogens is 1. The van der Waals surface area contributed by atoms with Crippen LogP contribution in [0.1, 0.15) is 21.9 Å². The molecule has 0 aliphatic carbocycles. The molecule has 1 fully saturated rings. The summed E-state index contributed by atoms with van der Waals surface area (Å²) in [6, 6.07) is 17.8. The Bertz CT molecular complexity index is 1800. The van der Waals surface area contributed by atoms with E-state index in [1.165, 1.54) is 53.1 Å². The zero-order chi connectivity index (χ0) is 29.7. The number of halogens is 1. The molecule has 3 aromatic carbocycles. The van der Waals surface area contributed by atoms with Gasteiger partial charge in [0.2, 0.25) is 17.7 Å². The average molecular weight is 605 g/mol. The van der Waals surface area contributed by atoms with Crippen LogP contribution >= 0.6 is 23.1 Å². The van der Waals surface area contributed by atoms with E-state index < -0.39 is 50.4 Å². The Hall–Kier alpha value is -4.62. The molecule has 0 radical (unpaired) electrons. The van der Waals surface area contributed by atoms with Crippen molar-refractivity contribution in [3.05, 3.63) is 114 Å². The minimum Gasteiger partial charge on any atom is -0.325 e. The van der Waals surface area contributed by atoms with Gasteiger partial charge in [-0.25, -0.2) is 9.29 Å². The topological polar surface area (TPSA) is 132 Å². The van der Waals surface area contributed by atoms with Crippen molar-refractivity contribution in [3.8, 4) is 0 Å². The van der Waals surface area contributed by atoms with Crippen LogP contribution < -0.4 is 15.1 Å². The van der Waals surface area contributed by atoms with Crippen LogP contribution in [0.4, 0.5) is 21.5 Å². The van der Waals surface area contributed by atoms with Gasteiger partial charge in [0.25, 0.3) is 5.69 Å². The summed E-state index contributed by atoms with van der Waals surface area (Å²) >= 11 is 1.93. The van der Waals surface area contributed by atoms with E-state index in [2.05, 4.69) is 5.32 Å². The highest BCUT2D eigenvalue weighted by Crippen LogP contribution is 2.53. The fourth-order valence-corrected chi connectivity index (χ4v) is 8.02. The van der Waals surface area contributed by atoms with Crippen LogP contribution in [0.5, 0.6) is 0 Å². The highest BCUT2D eigenvalue weighted by molar-refractivity contribution is 8.00. The number of aryl methyl sites for hydroxylation is 1. The number of amides is 3. The van der Waals surface area contributed by atoms with Gasteiger partial charge in [-0.05, 0) is 48.9 Å². The fraction of sp³-hybridized carbons (Fsp3) is 0.172. The van der Waals surface area contributed by atoms with Gasteiger partial charge in [0, 0.05) is 28.6 Å². The first-order chi connectivity index (χ1) is 20.1. The molecule has 3 amide bonds. The lowest BCUT2D eigenvalue weighted by atomic mass is 9.83. The zero-order valence-corrected chi connectivity index (χ0v) is 23.5. The molecule has 0 bridgehead atoms. The molecule has 42 heavy (non-hydrogen) atoms. The maximum absolute atomic E-state index is 13.9. The van der Waals surface area contributed by atoms with Crippen LogP contribution in [-0.2, 0) is 20.9 Å². The molecule has 1 saturated heterocycles. The van der Waals surface area contributed by atoms with Crippen LogP contribution in [0.3, 0.4) is 0 Å². The molecule has 10 nitrogen and oxygen atoms in total. The number of nitrogens with zero attached hydrogens (tertiary/aromatic N) is 3. The zero-order valence-electron chi connectivity index (χ0n) is 21.9. The van der Waals surface area contributed by atoms with Gasteiger partial charge >= 0.3 is 4.87 Å². The van der Waals surface area contributed by atoms with Gasteiger partial charge in [-0.3, -0.25) is 33.9 Å². The third-order valence-electron chi connectivity index (χ3n) is 7.23. The Morgan fingerprint density at radius 2 is 1.64 bits per heavy atom. The maximum Gasteiger partial charge on any atom is 0.308 e. The van der Waals surface area contributed by atoms with E-state index in [0.29, 0.717) is 21.2 Å². The standard InChI is InChI=1S/C29H21FN4O6S2/c1-15-2-8-18(9-3-15)31-21(35)14-32-28-25(42-29(32)38)22(16-4-6-17(30)7-5-16)23-24(41-28)27(37)33(26(23)36)19-10-12-20(13-11-19)34(39)40/h2-13,22-24H,14H2,1H3,(H,31,35)/t22-,23+,24-/m0/s1. The van der Waals surface area contributed by atoms with Crippen LogP contribution in [0, 0.1) is 28.8 Å². The van der Waals surface area contributed by atoms with E-state index in [1.807, 2.05) is 19.1 Å². The van der Waals surface area contributed by atoms with E-state index in [1.54, 1.807) is 12.1 Å². The number of hydrogen-bond donors (Lipinski definition) is 1. The summed E-state index contributed by atoms with van der Waals surface area (Å²) in [5, 5.41) is 13.3. The molecule has 4 aromatic rings. The molecule has 3 atom stereocenters. The predicted molar refractivity (Wildman–Crippen MR) is 155 cm³/mol. The number of carbonyl (C=O) groups excluding carboxylic acids is 3. The monoisotopic (exact) mass is 604 g/mol. The summed E-state index contributed by atoms with van der Waals surface area (Å²) in [4.78, 5) is 65.4. The summed E-state index contributed by atoms with van der Waals surface area (Å²) in [6.45, 7) is 1.61. The van der Waals surface area contributed by atoms with E-state index in [4.69, 9.17) is 0 Å². The van der Waals surface area contributed by atoms with Crippen LogP contribution in [-0.4, -0.2) is 32.5 Å². The van der Waals surface area contributed by atoms with Crippen molar-refractivity contribution in [2.75, 3.05) is 10.2 Å². The number of anilines is 2. The molecular formula is C29H21FN4O6S2. The largest absolute Gasteiger partial charge is 0.325 e. The molecule has 6 rings (SSSR count). The van der Waals surface area contributed by atoms with Crippen molar-refractivity contribution in [2.24, 2.45) is 5.92 Å². The first kappa shape index (κ1) is 27.5. The first-order valence-corrected chi connectivity index (χ1v) is 14.5. The molecule has 1 N–H and O–H groups in total. The predicted octanol–water partition coefficient (Wildman–Crippen LogP) is 4.70. The lowest BCUT2D eigenvalue weighted by Gasteiger charge is -2.30. The number of thiazole rings is 1. The van der Waals surface area contributed by atoms with Crippen molar-refractivity contribution < 1.29 is 23.7 Å². The average Bonchev–Trinajstić information content (AvgIpc) is 3.41. The van der Waals surface area contributed by atoms with E-state index >= 15 is 0 Å². The smallest absolute Gasteiger partial charge is 0.308 e. The highest BCUT2D eigenvalue weighted by atomic mass is 32.2. The van der Waals surface area contributed by atoms with E-state index in [0.717, 1.165) is 33.6 Å². The molecule has 3 heterocycles. The quantitative estimate of drug-likeness (QED) is 0.192. The third-order valence-corrected chi connectivity index (χ3v) is 9.84. The van der Waals surface area contributed by atoms with Gasteiger partial charge < -0.3 is 5.32 Å². The van der Waals surface area contributed by atoms with Crippen molar-refractivity contribution in [2.45, 2.75) is 29.7 Å². The third kappa shape index (κ3) is 4.80. The Morgan fingerprint density at radius 3 is 2.29 bits per heavy atom. The van der Waals surface area contributed by atoms with Gasteiger partial charge in [0.1, 0.15) is 17.6 Å². The number of nitrogens with one attached hydrogen (secondary N) is 1. The van der Waals surface area contributed by atoms with Gasteiger partial charge in [-0.2, -0.15) is 0 Å². The number of benzene rings is 3. The number of non-ortho nitro benzene ring substituents is 1. The summed E-state index contributed by atoms with van der Waals surface area (Å²) in [6.07, 6.45) is 0. The molecular weight excluding hydrogens is 583 g/mol. The van der Waals surface area contributed by atoms with E-state index in [-0.39, 0.29) is 17.9 Å². The second kappa shape index (κ2) is 10.7. The number of fused-ring (bicyclic) bond motifs is 2. The normalized spacial score (nSPS) is 19.4. The first-order valence-electron chi connectivity index (χ1n) is 12.8. The molecule has 0 saturated carbocycles. The van der Waals surface area contributed by atoms with Gasteiger partial charge in [0.15, 0.2) is 0 Å². The molecule has 2 aliphatic heterocycles. The summed E-state index contributed by atoms with van der Waals surface area (Å²) in [7, 11) is 0. The molecule has 1 aromatic heterocycles. The van der Waals surface area contributed by atoms with Crippen molar-refractivity contribution >= 4 is 57.9 Å². The van der Waals surface area contributed by atoms with Gasteiger partial charge in [-0.15, -0.1) is 0 Å². The molecule has 212 valence electrons. The van der Waals surface area contributed by atoms with Crippen molar-refractivity contribution in [1.29, 1.82) is 0 Å². The number of hydrogen-bond acceptors (Lipinski definition) is 8. The number of rotatable bonds is 6. The number of carbonyl (C=O) groups is 3. The molecule has 0 spiro atoms. The molecule has 2 aliphatic rings. The second-order valence-electron chi connectivity index (χ2n) is 9.92. The lowest BCUT2D eigenvalue weighted by Crippen LogP contribution is -2.33. The Labute approximate surface area is 245 Å². The van der Waals surface area contributed by atoms with E-state index in [9.17, 15) is 33.7 Å². The fourth-order valence-electron chi connectivity index (χ4n) is 5.24. The van der Waals surface area contributed by atoms with Crippen molar-refractivity contribution in [1.82, 2.24) is 4.57 Å². The Balaban J connectivity index is 1.39. The summed E-state index contributed by atoms with van der Waals surface area (Å²) < 4.78 is 15.2. The maximum atomic E-state index is 13.9. The number of thioether (sulfide) groups is 1. The summed E-state index contributed by atoms with van der Waals surface area (Å²) in [5.41, 5.74) is 2.12. The Morgan fingerprint density at radius 1 is 0.976 bits per heavy atom. The minimum absolute atomic E-state index is 0.182. The molecule has 13 heteroatoms. The number of nitro groups is 1. The SMILES string of the molecule is Cc1ccc(NC(=O)Cn2c3c(sc2=O)[C@@H](c2ccc(F)cc2)[C@H]2C(=O)N(c4ccc([N+](=O)[O-])cc4)C(=O)[C@H]2S3)cc1. The summed E-state index contributed by atoms with van der Waals surface area (Å²) in [5.74, 6) is -3.69. The lowest BCUT2D eigenvalue weighted by molar-refractivity contribution is -0.384. The van der Waals surface area contributed by atoms with Crippen LogP contribution in [0.25, 0.3) is 0 Å². The minimum atomic E-state index is -0.948. The number of imide groups is 1. The van der Waals surface area contributed by atoms with Crippen LogP contribution in [0.2, 0.25) is 0 Å². The Kier molecular flexibility index (Phi) is 6.99. The van der Waals surface area contributed by atoms with Gasteiger partial charge in [0.05, 0.1) is 21.6 Å². The van der Waals surface area contributed by atoms with Gasteiger partial charge in [-0.1, -0.05) is 52.9 Å². The molecule has 0 unspecified atom stereocenters.